The van der Waals surface area contributed by atoms with Crippen LogP contribution in [0, 0.1) is 0 Å². The molecule has 5 N–H and O–H groups in total. The summed E-state index contributed by atoms with van der Waals surface area (Å²) < 4.78 is 13.3. The lowest BCUT2D eigenvalue weighted by molar-refractivity contribution is -0.159. The van der Waals surface area contributed by atoms with Gasteiger partial charge in [-0.1, -0.05) is 0 Å². The number of hydrogen-bond donors (Lipinski definition) is 4. The molecule has 70 valence electrons. The molecule has 9 heteroatoms. The van der Waals surface area contributed by atoms with E-state index in [2.05, 4.69) is 10.3 Å². The van der Waals surface area contributed by atoms with Gasteiger partial charge < -0.3 is 15.9 Å². The van der Waals surface area contributed by atoms with Crippen LogP contribution in [0.25, 0.3) is 0 Å². The van der Waals surface area contributed by atoms with Crippen molar-refractivity contribution >= 4 is 20.2 Å². The number of hydrogen-bond acceptors (Lipinski definition) is 5. The van der Waals surface area contributed by atoms with Crippen molar-refractivity contribution in [3.05, 3.63) is 0 Å². The van der Waals surface area contributed by atoms with Crippen molar-refractivity contribution in [2.45, 2.75) is 0 Å². The summed E-state index contributed by atoms with van der Waals surface area (Å²) in [6, 6.07) is 0. The van der Waals surface area contributed by atoms with E-state index in [1.807, 2.05) is 0 Å². The van der Waals surface area contributed by atoms with E-state index >= 15 is 0 Å². The van der Waals surface area contributed by atoms with Crippen LogP contribution in [0.4, 0.5) is 0 Å². The fourth-order valence-electron chi connectivity index (χ4n) is 0.0638. The molecule has 0 saturated carbocycles. The van der Waals surface area contributed by atoms with Crippen molar-refractivity contribution in [1.82, 2.24) is 0 Å². The average Bonchev–Trinajstić information content (AvgIpc) is 1.87. The zero-order chi connectivity index (χ0) is 10.1. The van der Waals surface area contributed by atoms with Crippen molar-refractivity contribution < 1.29 is 33.8 Å². The van der Waals surface area contributed by atoms with E-state index in [1.54, 1.807) is 0 Å². The first-order chi connectivity index (χ1) is 5.41. The summed E-state index contributed by atoms with van der Waals surface area (Å²) in [6.45, 7) is -0.203. The lowest BCUT2D eigenvalue weighted by Crippen LogP contribution is -2.09. The van der Waals surface area contributed by atoms with E-state index in [0.717, 1.165) is 0 Å². The molecule has 0 aliphatic rings. The molecule has 0 saturated heterocycles. The van der Waals surface area contributed by atoms with Crippen LogP contribution in [0.2, 0.25) is 0 Å². The highest BCUT2D eigenvalue weighted by Crippen LogP contribution is 2.11. The van der Waals surface area contributed by atoms with E-state index in [-0.39, 0.29) is 6.73 Å². The topological polar surface area (TPSA) is 147 Å². The lowest BCUT2D eigenvalue weighted by atomic mass is 10.7. The van der Waals surface area contributed by atoms with E-state index in [1.165, 1.54) is 0 Å². The minimum Gasteiger partial charge on any atom is -0.473 e. The third kappa shape index (κ3) is 16.0. The Balaban J connectivity index is 0. The third-order valence-corrected chi connectivity index (χ3v) is 0.738. The molecular formula is C3H7NO7P+. The van der Waals surface area contributed by atoms with Crippen molar-refractivity contribution in [3.63, 3.8) is 0 Å². The summed E-state index contributed by atoms with van der Waals surface area (Å²) in [4.78, 5) is 26.0. The monoisotopic (exact) mass is 200 g/mol. The summed E-state index contributed by atoms with van der Waals surface area (Å²) >= 11 is 0. The van der Waals surface area contributed by atoms with Crippen LogP contribution in [0.1, 0.15) is 0 Å². The quantitative estimate of drug-likeness (QED) is 0.245. The number of rotatable bonds is 2. The second-order valence-corrected chi connectivity index (χ2v) is 1.88. The summed E-state index contributed by atoms with van der Waals surface area (Å²) in [5.74, 6) is -3.65. The number of nitrogens with two attached hydrogens (primary N) is 1. The van der Waals surface area contributed by atoms with Crippen molar-refractivity contribution in [1.29, 1.82) is 0 Å². The van der Waals surface area contributed by atoms with E-state index < -0.39 is 20.2 Å². The Kier molecular flexibility index (Phi) is 9.03. The molecule has 0 heterocycles. The molecule has 0 aliphatic carbocycles. The second kappa shape index (κ2) is 8.02. The van der Waals surface area contributed by atoms with E-state index in [4.69, 9.17) is 24.7 Å². The molecule has 12 heavy (non-hydrogen) atoms. The van der Waals surface area contributed by atoms with Crippen molar-refractivity contribution in [2.75, 3.05) is 6.73 Å². The predicted molar refractivity (Wildman–Crippen MR) is 35.2 cm³/mol. The van der Waals surface area contributed by atoms with Gasteiger partial charge in [0, 0.05) is 4.57 Å². The van der Waals surface area contributed by atoms with Crippen LogP contribution in [-0.4, -0.2) is 33.8 Å². The van der Waals surface area contributed by atoms with Gasteiger partial charge in [-0.2, -0.15) is 0 Å². The summed E-state index contributed by atoms with van der Waals surface area (Å²) in [6.07, 6.45) is 0. The normalized spacial score (nSPS) is 9.33. The minimum absolute atomic E-state index is 0.203. The molecule has 0 fully saturated rings. The lowest BCUT2D eigenvalue weighted by Gasteiger charge is -1.72. The minimum atomic E-state index is -2.48. The fourth-order valence-corrected chi connectivity index (χ4v) is 0.191. The molecule has 1 unspecified atom stereocenters. The van der Waals surface area contributed by atoms with Gasteiger partial charge in [0.25, 0.3) is 0 Å². The largest absolute Gasteiger partial charge is 0.696 e. The number of carboxylic acid groups (broad SMARTS) is 2. The molecule has 0 aromatic rings. The Hall–Kier alpha value is -1.08. The molecule has 0 amide bonds. The first kappa shape index (κ1) is 13.5. The van der Waals surface area contributed by atoms with Gasteiger partial charge in [-0.15, -0.1) is 9.42 Å². The maximum Gasteiger partial charge on any atom is 0.696 e. The summed E-state index contributed by atoms with van der Waals surface area (Å²) in [5.41, 5.74) is 4.66. The van der Waals surface area contributed by atoms with Crippen molar-refractivity contribution in [3.8, 4) is 0 Å². The van der Waals surface area contributed by atoms with Gasteiger partial charge in [-0.25, -0.2) is 9.59 Å². The average molecular weight is 200 g/mol. The third-order valence-electron chi connectivity index (χ3n) is 0.368. The van der Waals surface area contributed by atoms with Crippen LogP contribution in [0.5, 0.6) is 0 Å². The van der Waals surface area contributed by atoms with E-state index in [0.29, 0.717) is 0 Å². The molecule has 0 aromatic heterocycles. The molecule has 8 nitrogen and oxygen atoms in total. The Morgan fingerprint density at radius 1 is 1.33 bits per heavy atom. The highest BCUT2D eigenvalue weighted by Gasteiger charge is 2.07. The number of carbonyl (C=O) groups is 2. The SMILES string of the molecule is NCO[P+](=O)O.O=C(O)C(=O)O. The van der Waals surface area contributed by atoms with E-state index in [9.17, 15) is 4.57 Å². The van der Waals surface area contributed by atoms with Gasteiger partial charge in [0.15, 0.2) is 6.73 Å². The van der Waals surface area contributed by atoms with Crippen LogP contribution in [0.3, 0.4) is 0 Å². The standard InChI is InChI=1S/C2H2O4.CH4NO3P/c3-1(4)2(5)6;2-1-5-6(3)4/h(H,3,4)(H,5,6);1-2H2/p+1. The smallest absolute Gasteiger partial charge is 0.473 e. The first-order valence-corrected chi connectivity index (χ1v) is 3.50. The fraction of sp³-hybridized carbons (Fsp3) is 0.333. The second-order valence-electron chi connectivity index (χ2n) is 1.14. The molecule has 1 atom stereocenters. The van der Waals surface area contributed by atoms with Gasteiger partial charge in [-0.3, -0.25) is 0 Å². The van der Waals surface area contributed by atoms with Gasteiger partial charge >= 0.3 is 20.2 Å². The number of aliphatic carboxylic acids is 2. The molecule has 0 aromatic carbocycles. The Labute approximate surface area is 67.5 Å². The molecule has 0 rings (SSSR count). The predicted octanol–water partition coefficient (Wildman–Crippen LogP) is -1.28. The maximum absolute atomic E-state index is 9.45. The summed E-state index contributed by atoms with van der Waals surface area (Å²) in [7, 11) is -2.48. The zero-order valence-electron chi connectivity index (χ0n) is 5.71. The van der Waals surface area contributed by atoms with Crippen molar-refractivity contribution in [2.24, 2.45) is 5.73 Å². The molecule has 0 radical (unpaired) electrons. The molecule has 0 spiro atoms. The van der Waals surface area contributed by atoms with Gasteiger partial charge in [0.1, 0.15) is 0 Å². The highest BCUT2D eigenvalue weighted by atomic mass is 31.1. The summed E-state index contributed by atoms with van der Waals surface area (Å²) in [5, 5.41) is 14.8. The Bertz CT molecular complexity index is 167. The van der Waals surface area contributed by atoms with Crippen LogP contribution in [0.15, 0.2) is 0 Å². The van der Waals surface area contributed by atoms with Crippen LogP contribution >= 0.6 is 8.25 Å². The van der Waals surface area contributed by atoms with Gasteiger partial charge in [0.2, 0.25) is 0 Å². The molecule has 0 bridgehead atoms. The van der Waals surface area contributed by atoms with Crippen LogP contribution < -0.4 is 5.73 Å². The van der Waals surface area contributed by atoms with Crippen LogP contribution in [-0.2, 0) is 18.7 Å². The van der Waals surface area contributed by atoms with Gasteiger partial charge in [0.05, 0.1) is 0 Å². The zero-order valence-corrected chi connectivity index (χ0v) is 6.60. The Morgan fingerprint density at radius 2 is 1.67 bits per heavy atom. The van der Waals surface area contributed by atoms with Gasteiger partial charge in [-0.05, 0) is 0 Å². The highest BCUT2D eigenvalue weighted by molar-refractivity contribution is 7.32. The molecular weight excluding hydrogens is 193 g/mol. The first-order valence-electron chi connectivity index (χ1n) is 2.37. The molecule has 0 aliphatic heterocycles. The Morgan fingerprint density at radius 3 is 1.67 bits per heavy atom. The maximum atomic E-state index is 9.45. The number of carboxylic acids is 2.